The Balaban J connectivity index is 1.84. The molecule has 4 heteroatoms. The van der Waals surface area contributed by atoms with E-state index in [0.29, 0.717) is 0 Å². The molecule has 1 unspecified atom stereocenters. The fraction of sp³-hybridized carbons (Fsp3) is 0.0909. The van der Waals surface area contributed by atoms with E-state index in [9.17, 15) is 4.39 Å². The van der Waals surface area contributed by atoms with E-state index in [-0.39, 0.29) is 11.7 Å². The molecule has 0 fully saturated rings. The van der Waals surface area contributed by atoms with Crippen molar-refractivity contribution in [2.75, 3.05) is 0 Å². The van der Waals surface area contributed by atoms with Crippen LogP contribution in [0.2, 0.25) is 0 Å². The number of hydrogen-bond donors (Lipinski definition) is 1. The molecule has 0 spiro atoms. The lowest BCUT2D eigenvalue weighted by atomic mass is 10.0. The van der Waals surface area contributed by atoms with Gasteiger partial charge in [-0.15, -0.1) is 0 Å². The average molecular weight is 343 g/mol. The van der Waals surface area contributed by atoms with Gasteiger partial charge in [-0.05, 0) is 42.0 Å². The molecule has 0 aliphatic heterocycles. The van der Waals surface area contributed by atoms with E-state index in [1.54, 1.807) is 24.5 Å². The van der Waals surface area contributed by atoms with Crippen LogP contribution in [0.3, 0.4) is 0 Å². The summed E-state index contributed by atoms with van der Waals surface area (Å²) in [5.74, 6) is 0.737. The van der Waals surface area contributed by atoms with E-state index in [1.165, 1.54) is 17.7 Å². The monoisotopic (exact) mass is 343 g/mol. The van der Waals surface area contributed by atoms with Crippen molar-refractivity contribution in [2.45, 2.75) is 12.8 Å². The highest BCUT2D eigenvalue weighted by atomic mass is 19.1. The summed E-state index contributed by atoms with van der Waals surface area (Å²) in [4.78, 5) is 12.4. The molecule has 0 saturated heterocycles. The van der Waals surface area contributed by atoms with Gasteiger partial charge >= 0.3 is 0 Å². The predicted octanol–water partition coefficient (Wildman–Crippen LogP) is 5.43. The topological polar surface area (TPSA) is 41.6 Å². The first-order chi connectivity index (χ1) is 12.7. The van der Waals surface area contributed by atoms with E-state index in [0.717, 1.165) is 28.3 Å². The molecule has 0 aliphatic carbocycles. The lowest BCUT2D eigenvalue weighted by molar-refractivity contribution is 0.628. The Hall–Kier alpha value is -3.27. The van der Waals surface area contributed by atoms with Crippen molar-refractivity contribution < 1.29 is 4.39 Å². The molecule has 0 radical (unpaired) electrons. The minimum Gasteiger partial charge on any atom is -0.341 e. The fourth-order valence-electron chi connectivity index (χ4n) is 3.04. The van der Waals surface area contributed by atoms with Crippen molar-refractivity contribution >= 4 is 0 Å². The van der Waals surface area contributed by atoms with Crippen molar-refractivity contribution in [1.82, 2.24) is 15.0 Å². The van der Waals surface area contributed by atoms with Crippen molar-refractivity contribution in [1.29, 1.82) is 0 Å². The van der Waals surface area contributed by atoms with Gasteiger partial charge in [-0.1, -0.05) is 37.3 Å². The first-order valence-electron chi connectivity index (χ1n) is 8.53. The van der Waals surface area contributed by atoms with E-state index >= 15 is 0 Å². The average Bonchev–Trinajstić information content (AvgIpc) is 3.15. The Morgan fingerprint density at radius 1 is 0.846 bits per heavy atom. The van der Waals surface area contributed by atoms with Crippen molar-refractivity contribution in [3.8, 4) is 22.5 Å². The second-order valence-corrected chi connectivity index (χ2v) is 6.22. The summed E-state index contributed by atoms with van der Waals surface area (Å²) in [5, 5.41) is 0. The number of H-pyrrole nitrogens is 1. The van der Waals surface area contributed by atoms with Gasteiger partial charge in [0.2, 0.25) is 0 Å². The summed E-state index contributed by atoms with van der Waals surface area (Å²) >= 11 is 0. The smallest absolute Gasteiger partial charge is 0.123 e. The number of aromatic nitrogens is 3. The quantitative estimate of drug-likeness (QED) is 0.537. The maximum absolute atomic E-state index is 13.3. The van der Waals surface area contributed by atoms with Crippen LogP contribution in [0.4, 0.5) is 4.39 Å². The molecule has 1 N–H and O–H groups in total. The van der Waals surface area contributed by atoms with Crippen LogP contribution in [-0.2, 0) is 0 Å². The number of benzene rings is 2. The molecular weight excluding hydrogens is 325 g/mol. The van der Waals surface area contributed by atoms with Gasteiger partial charge in [-0.25, -0.2) is 9.37 Å². The van der Waals surface area contributed by atoms with Gasteiger partial charge in [0.15, 0.2) is 0 Å². The summed E-state index contributed by atoms with van der Waals surface area (Å²) in [6.45, 7) is 2.12. The third-order valence-electron chi connectivity index (χ3n) is 4.52. The van der Waals surface area contributed by atoms with Gasteiger partial charge in [0.1, 0.15) is 11.6 Å². The Morgan fingerprint density at radius 2 is 1.54 bits per heavy atom. The van der Waals surface area contributed by atoms with Crippen LogP contribution in [0.25, 0.3) is 22.5 Å². The van der Waals surface area contributed by atoms with Crippen LogP contribution < -0.4 is 0 Å². The summed E-state index contributed by atoms with van der Waals surface area (Å²) in [5.41, 5.74) is 4.79. The lowest BCUT2D eigenvalue weighted by Gasteiger charge is -2.08. The molecule has 0 saturated carbocycles. The zero-order chi connectivity index (χ0) is 17.9. The third-order valence-corrected chi connectivity index (χ3v) is 4.52. The zero-order valence-electron chi connectivity index (χ0n) is 14.4. The Bertz CT molecular complexity index is 993. The summed E-state index contributed by atoms with van der Waals surface area (Å²) in [6.07, 6.45) is 3.51. The van der Waals surface area contributed by atoms with Crippen LogP contribution in [0.5, 0.6) is 0 Å². The Kier molecular flexibility index (Phi) is 4.32. The molecule has 0 bridgehead atoms. The van der Waals surface area contributed by atoms with Crippen molar-refractivity contribution in [2.24, 2.45) is 0 Å². The number of pyridine rings is 1. The van der Waals surface area contributed by atoms with Gasteiger partial charge < -0.3 is 4.98 Å². The van der Waals surface area contributed by atoms with Gasteiger partial charge in [0.05, 0.1) is 11.4 Å². The summed E-state index contributed by atoms with van der Waals surface area (Å²) < 4.78 is 13.3. The molecule has 2 aromatic carbocycles. The van der Waals surface area contributed by atoms with Crippen LogP contribution in [0.15, 0.2) is 79.1 Å². The first kappa shape index (κ1) is 16.2. The van der Waals surface area contributed by atoms with Gasteiger partial charge in [-0.3, -0.25) is 4.98 Å². The molecule has 128 valence electrons. The maximum Gasteiger partial charge on any atom is 0.123 e. The van der Waals surface area contributed by atoms with E-state index in [2.05, 4.69) is 29.0 Å². The number of nitrogens with zero attached hydrogens (tertiary/aromatic N) is 2. The number of halogens is 1. The number of imidazole rings is 1. The third kappa shape index (κ3) is 3.14. The van der Waals surface area contributed by atoms with Crippen LogP contribution >= 0.6 is 0 Å². The fourth-order valence-corrected chi connectivity index (χ4v) is 3.04. The summed E-state index contributed by atoms with van der Waals surface area (Å²) in [7, 11) is 0. The van der Waals surface area contributed by atoms with Crippen molar-refractivity contribution in [3.63, 3.8) is 0 Å². The van der Waals surface area contributed by atoms with E-state index in [4.69, 9.17) is 4.98 Å². The number of nitrogens with one attached hydrogen (secondary N) is 1. The molecule has 26 heavy (non-hydrogen) atoms. The second-order valence-electron chi connectivity index (χ2n) is 6.22. The Labute approximate surface area is 151 Å². The molecule has 2 heterocycles. The van der Waals surface area contributed by atoms with E-state index in [1.807, 2.05) is 30.3 Å². The molecule has 1 atom stereocenters. The number of rotatable bonds is 4. The number of aromatic amines is 1. The minimum atomic E-state index is -0.257. The van der Waals surface area contributed by atoms with Crippen LogP contribution in [-0.4, -0.2) is 15.0 Å². The molecule has 0 amide bonds. The molecule has 4 rings (SSSR count). The lowest BCUT2D eigenvalue weighted by Crippen LogP contribution is -1.98. The Morgan fingerprint density at radius 3 is 2.23 bits per heavy atom. The SMILES string of the molecule is CC(c1ccccc1)c1nc(-c2ccc(F)cc2)c(-c2ccncc2)[nH]1. The summed E-state index contributed by atoms with van der Waals surface area (Å²) in [6, 6.07) is 20.6. The molecule has 0 aliphatic rings. The van der Waals surface area contributed by atoms with Crippen molar-refractivity contribution in [3.05, 3.63) is 96.3 Å². The highest BCUT2D eigenvalue weighted by Gasteiger charge is 2.18. The van der Waals surface area contributed by atoms with E-state index < -0.39 is 0 Å². The predicted molar refractivity (Wildman–Crippen MR) is 101 cm³/mol. The standard InChI is InChI=1S/C22H18FN3/c1-15(16-5-3-2-4-6-16)22-25-20(17-7-9-19(23)10-8-17)21(26-22)18-11-13-24-14-12-18/h2-15H,1H3,(H,25,26). The maximum atomic E-state index is 13.3. The van der Waals surface area contributed by atoms with Gasteiger partial charge in [0.25, 0.3) is 0 Å². The van der Waals surface area contributed by atoms with Crippen LogP contribution in [0.1, 0.15) is 24.2 Å². The first-order valence-corrected chi connectivity index (χ1v) is 8.53. The minimum absolute atomic E-state index is 0.117. The number of hydrogen-bond acceptors (Lipinski definition) is 2. The van der Waals surface area contributed by atoms with Gasteiger partial charge in [-0.2, -0.15) is 0 Å². The second kappa shape index (κ2) is 6.92. The molecular formula is C22H18FN3. The molecule has 4 aromatic rings. The highest BCUT2D eigenvalue weighted by molar-refractivity contribution is 5.78. The molecule has 2 aromatic heterocycles. The highest BCUT2D eigenvalue weighted by Crippen LogP contribution is 2.33. The largest absolute Gasteiger partial charge is 0.341 e. The molecule has 3 nitrogen and oxygen atoms in total. The van der Waals surface area contributed by atoms with Gasteiger partial charge in [0, 0.05) is 29.4 Å². The zero-order valence-corrected chi connectivity index (χ0v) is 14.4. The van der Waals surface area contributed by atoms with Crippen LogP contribution in [0, 0.1) is 5.82 Å². The normalized spacial score (nSPS) is 12.1.